The Kier molecular flexibility index (Phi) is 5.47. The van der Waals surface area contributed by atoms with Gasteiger partial charge in [-0.3, -0.25) is 0 Å². The van der Waals surface area contributed by atoms with Crippen molar-refractivity contribution >= 4 is 27.8 Å². The third-order valence-corrected chi connectivity index (χ3v) is 4.94. The highest BCUT2D eigenvalue weighted by molar-refractivity contribution is 7.99. The standard InChI is InChI=1S/C12H12F2N4O5S2/c1-3-24-11-15-17(12(20)18(11)23-2)10(19)16-25(21,22)9-7(13)5-4-6-8(9)14/h4-6H,3H2,1-2H3,(H,16,19). The first-order chi connectivity index (χ1) is 11.7. The molecule has 0 bridgehead atoms. The Morgan fingerprint density at radius 2 is 1.96 bits per heavy atom. The number of thioether (sulfide) groups is 1. The molecule has 0 atom stereocenters. The van der Waals surface area contributed by atoms with Gasteiger partial charge in [0.05, 0.1) is 0 Å². The van der Waals surface area contributed by atoms with E-state index in [4.69, 9.17) is 4.84 Å². The summed E-state index contributed by atoms with van der Waals surface area (Å²) in [5.41, 5.74) is -1.08. The van der Waals surface area contributed by atoms with Gasteiger partial charge in [-0.1, -0.05) is 24.8 Å². The molecule has 0 aliphatic carbocycles. The quantitative estimate of drug-likeness (QED) is 0.732. The molecule has 1 amide bonds. The number of carbonyl (C=O) groups excluding carboxylic acids is 1. The Balaban J connectivity index is 2.42. The Morgan fingerprint density at radius 1 is 1.36 bits per heavy atom. The van der Waals surface area contributed by atoms with E-state index < -0.39 is 38.3 Å². The van der Waals surface area contributed by atoms with Crippen LogP contribution in [0.4, 0.5) is 13.6 Å². The third-order valence-electron chi connectivity index (χ3n) is 2.77. The van der Waals surface area contributed by atoms with Gasteiger partial charge in [0.1, 0.15) is 18.7 Å². The van der Waals surface area contributed by atoms with Crippen molar-refractivity contribution in [2.75, 3.05) is 12.9 Å². The summed E-state index contributed by atoms with van der Waals surface area (Å²) in [5.74, 6) is -2.30. The van der Waals surface area contributed by atoms with Crippen LogP contribution in [0.1, 0.15) is 6.92 Å². The van der Waals surface area contributed by atoms with Gasteiger partial charge in [-0.2, -0.15) is 0 Å². The monoisotopic (exact) mass is 394 g/mol. The second-order valence-corrected chi connectivity index (χ2v) is 7.20. The van der Waals surface area contributed by atoms with E-state index in [1.165, 1.54) is 4.72 Å². The first-order valence-electron chi connectivity index (χ1n) is 6.63. The van der Waals surface area contributed by atoms with Gasteiger partial charge in [-0.25, -0.2) is 31.5 Å². The number of nitrogens with zero attached hydrogens (tertiary/aromatic N) is 3. The third kappa shape index (κ3) is 3.66. The average molecular weight is 394 g/mol. The summed E-state index contributed by atoms with van der Waals surface area (Å²) in [6.45, 7) is 1.75. The number of sulfonamides is 1. The van der Waals surface area contributed by atoms with Crippen LogP contribution in [0, 0.1) is 11.6 Å². The van der Waals surface area contributed by atoms with Gasteiger partial charge in [-0.05, 0) is 17.9 Å². The molecule has 0 spiro atoms. The summed E-state index contributed by atoms with van der Waals surface area (Å²) in [5, 5.41) is 3.63. The molecule has 1 heterocycles. The van der Waals surface area contributed by atoms with Crippen LogP contribution in [0.25, 0.3) is 0 Å². The minimum atomic E-state index is -4.91. The molecule has 0 radical (unpaired) electrons. The molecule has 2 aromatic rings. The van der Waals surface area contributed by atoms with Gasteiger partial charge in [0.15, 0.2) is 4.90 Å². The fourth-order valence-electron chi connectivity index (χ4n) is 1.79. The number of carbonyl (C=O) groups is 1. The van der Waals surface area contributed by atoms with E-state index in [2.05, 4.69) is 5.10 Å². The van der Waals surface area contributed by atoms with E-state index >= 15 is 0 Å². The molecule has 136 valence electrons. The zero-order chi connectivity index (χ0) is 18.8. The zero-order valence-corrected chi connectivity index (χ0v) is 14.5. The Morgan fingerprint density at radius 3 is 2.48 bits per heavy atom. The van der Waals surface area contributed by atoms with Crippen molar-refractivity contribution in [3.8, 4) is 0 Å². The SMILES string of the molecule is CCSc1nn(C(=O)NS(=O)(=O)c2c(F)cccc2F)c(=O)n1OC. The van der Waals surface area contributed by atoms with E-state index in [0.717, 1.165) is 24.9 Å². The molecule has 0 saturated heterocycles. The van der Waals surface area contributed by atoms with Crippen molar-refractivity contribution in [3.05, 3.63) is 40.3 Å². The van der Waals surface area contributed by atoms with E-state index in [0.29, 0.717) is 22.6 Å². The number of hydrogen-bond acceptors (Lipinski definition) is 7. The minimum Gasteiger partial charge on any atom is -0.410 e. The van der Waals surface area contributed by atoms with Crippen LogP contribution in [0.5, 0.6) is 0 Å². The molecular weight excluding hydrogens is 382 g/mol. The lowest BCUT2D eigenvalue weighted by molar-refractivity contribution is 0.134. The highest BCUT2D eigenvalue weighted by Gasteiger charge is 2.28. The lowest BCUT2D eigenvalue weighted by atomic mass is 10.3. The van der Waals surface area contributed by atoms with Crippen molar-refractivity contribution in [2.45, 2.75) is 17.0 Å². The maximum absolute atomic E-state index is 13.6. The second kappa shape index (κ2) is 7.23. The fourth-order valence-corrected chi connectivity index (χ4v) is 3.53. The summed E-state index contributed by atoms with van der Waals surface area (Å²) < 4.78 is 53.6. The van der Waals surface area contributed by atoms with Gasteiger partial charge in [0.25, 0.3) is 10.0 Å². The van der Waals surface area contributed by atoms with E-state index in [-0.39, 0.29) is 9.84 Å². The first-order valence-corrected chi connectivity index (χ1v) is 9.10. The van der Waals surface area contributed by atoms with Gasteiger partial charge >= 0.3 is 11.7 Å². The molecule has 2 rings (SSSR count). The molecule has 0 unspecified atom stereocenters. The molecule has 0 aliphatic rings. The van der Waals surface area contributed by atoms with Crippen LogP contribution in [0.15, 0.2) is 33.0 Å². The fraction of sp³-hybridized carbons (Fsp3) is 0.250. The number of hydrogen-bond donors (Lipinski definition) is 1. The van der Waals surface area contributed by atoms with Crippen molar-refractivity contribution in [2.24, 2.45) is 0 Å². The van der Waals surface area contributed by atoms with Crippen LogP contribution in [-0.4, -0.2) is 41.8 Å². The Hall–Kier alpha value is -2.41. The molecule has 13 heteroatoms. The molecule has 0 fully saturated rings. The van der Waals surface area contributed by atoms with Crippen LogP contribution in [0.2, 0.25) is 0 Å². The van der Waals surface area contributed by atoms with Crippen LogP contribution >= 0.6 is 11.8 Å². The molecule has 0 saturated carbocycles. The molecule has 0 aliphatic heterocycles. The summed E-state index contributed by atoms with van der Waals surface area (Å²) in [6, 6.07) is 0.875. The summed E-state index contributed by atoms with van der Waals surface area (Å²) in [6.07, 6.45) is 0. The lowest BCUT2D eigenvalue weighted by Gasteiger charge is -2.07. The molecule has 1 aromatic heterocycles. The highest BCUT2D eigenvalue weighted by Crippen LogP contribution is 2.18. The zero-order valence-electron chi connectivity index (χ0n) is 12.9. The minimum absolute atomic E-state index is 0.000352. The predicted molar refractivity (Wildman–Crippen MR) is 82.9 cm³/mol. The van der Waals surface area contributed by atoms with Gasteiger partial charge in [-0.15, -0.1) is 14.5 Å². The molecule has 1 N–H and O–H groups in total. The Labute approximate surface area is 144 Å². The van der Waals surface area contributed by atoms with E-state index in [9.17, 15) is 26.8 Å². The maximum atomic E-state index is 13.6. The van der Waals surface area contributed by atoms with Gasteiger partial charge in [0, 0.05) is 0 Å². The van der Waals surface area contributed by atoms with Crippen molar-refractivity contribution in [1.29, 1.82) is 0 Å². The molecular formula is C12H12F2N4O5S2. The molecule has 25 heavy (non-hydrogen) atoms. The number of benzene rings is 1. The van der Waals surface area contributed by atoms with Crippen molar-refractivity contribution in [1.82, 2.24) is 19.2 Å². The van der Waals surface area contributed by atoms with Crippen molar-refractivity contribution in [3.63, 3.8) is 0 Å². The Bertz CT molecular complexity index is 950. The van der Waals surface area contributed by atoms with Crippen LogP contribution < -0.4 is 15.2 Å². The number of rotatable bonds is 5. The van der Waals surface area contributed by atoms with Crippen LogP contribution in [-0.2, 0) is 10.0 Å². The first kappa shape index (κ1) is 18.9. The van der Waals surface area contributed by atoms with Crippen LogP contribution in [0.3, 0.4) is 0 Å². The average Bonchev–Trinajstić information content (AvgIpc) is 2.82. The van der Waals surface area contributed by atoms with Gasteiger partial charge < -0.3 is 4.84 Å². The smallest absolute Gasteiger partial charge is 0.388 e. The summed E-state index contributed by atoms with van der Waals surface area (Å²) in [4.78, 5) is 27.5. The van der Waals surface area contributed by atoms with Gasteiger partial charge in [0.2, 0.25) is 5.16 Å². The maximum Gasteiger partial charge on any atom is 0.388 e. The number of amides is 1. The number of aromatic nitrogens is 3. The topological polar surface area (TPSA) is 112 Å². The second-order valence-electron chi connectivity index (χ2n) is 4.35. The van der Waals surface area contributed by atoms with E-state index in [1.807, 2.05) is 0 Å². The predicted octanol–water partition coefficient (Wildman–Crippen LogP) is 0.440. The number of nitrogens with one attached hydrogen (secondary N) is 1. The van der Waals surface area contributed by atoms with E-state index in [1.54, 1.807) is 6.92 Å². The largest absolute Gasteiger partial charge is 0.410 e. The summed E-state index contributed by atoms with van der Waals surface area (Å²) >= 11 is 1.05. The normalized spacial score (nSPS) is 11.4. The lowest BCUT2D eigenvalue weighted by Crippen LogP contribution is -2.41. The van der Waals surface area contributed by atoms with Crippen molar-refractivity contribution < 1.29 is 26.8 Å². The summed E-state index contributed by atoms with van der Waals surface area (Å²) in [7, 11) is -3.77. The molecule has 9 nitrogen and oxygen atoms in total. The number of halogens is 2. The highest BCUT2D eigenvalue weighted by atomic mass is 32.2. The molecule has 1 aromatic carbocycles.